The number of tetrazole rings is 1. The van der Waals surface area contributed by atoms with E-state index in [1.165, 1.54) is 16.0 Å². The summed E-state index contributed by atoms with van der Waals surface area (Å²) in [6, 6.07) is 20.7. The zero-order valence-electron chi connectivity index (χ0n) is 24.3. The summed E-state index contributed by atoms with van der Waals surface area (Å²) in [6.45, 7) is 4.75. The van der Waals surface area contributed by atoms with Crippen molar-refractivity contribution >= 4 is 11.8 Å². The van der Waals surface area contributed by atoms with Crippen LogP contribution in [0.2, 0.25) is 0 Å². The number of amides is 2. The van der Waals surface area contributed by atoms with Crippen LogP contribution in [0.3, 0.4) is 0 Å². The molecule has 0 bridgehead atoms. The molecular weight excluding hydrogens is 548 g/mol. The van der Waals surface area contributed by atoms with Crippen LogP contribution in [0.15, 0.2) is 60.7 Å². The van der Waals surface area contributed by atoms with Crippen LogP contribution in [0.25, 0.3) is 11.4 Å². The molecule has 1 aromatic heterocycles. The van der Waals surface area contributed by atoms with Gasteiger partial charge in [-0.3, -0.25) is 19.4 Å². The van der Waals surface area contributed by atoms with E-state index in [9.17, 15) is 9.59 Å². The van der Waals surface area contributed by atoms with Crippen molar-refractivity contribution in [2.75, 3.05) is 26.9 Å². The van der Waals surface area contributed by atoms with Crippen LogP contribution in [-0.2, 0) is 29.1 Å². The standard InChI is InChI=1S/C32H34N6O5/c1-21(25-8-10-27-26(18-25)13-15-42-27)37(19-22-3-6-24(7-4-22)32-33-35-36-34-32)20-23-5-9-28(29(17-23)41-2)43-16-14-38-30(39)11-12-31(38)40/h3-10,17-18,21H,11-16,19-20H2,1-2H3,(H,33,34,35,36). The van der Waals surface area contributed by atoms with Crippen LogP contribution in [0, 0.1) is 0 Å². The Hall–Kier alpha value is -4.77. The first-order chi connectivity index (χ1) is 21.0. The van der Waals surface area contributed by atoms with E-state index in [1.807, 2.05) is 30.3 Å². The second-order valence-electron chi connectivity index (χ2n) is 10.8. The minimum atomic E-state index is -0.148. The number of benzene rings is 3. The number of methoxy groups -OCH3 is 1. The van der Waals surface area contributed by atoms with E-state index in [-0.39, 0.29) is 43.8 Å². The van der Waals surface area contributed by atoms with Crippen molar-refractivity contribution in [3.8, 4) is 28.6 Å². The number of hydrogen-bond acceptors (Lipinski definition) is 9. The average molecular weight is 583 g/mol. The summed E-state index contributed by atoms with van der Waals surface area (Å²) >= 11 is 0. The van der Waals surface area contributed by atoms with Crippen LogP contribution in [0.1, 0.15) is 48.1 Å². The molecule has 1 N–H and O–H groups in total. The summed E-state index contributed by atoms with van der Waals surface area (Å²) in [5, 5.41) is 14.3. The van der Waals surface area contributed by atoms with Gasteiger partial charge < -0.3 is 14.2 Å². The molecule has 6 rings (SSSR count). The summed E-state index contributed by atoms with van der Waals surface area (Å²) in [5.41, 5.74) is 5.59. The van der Waals surface area contributed by atoms with Crippen LogP contribution < -0.4 is 14.2 Å². The smallest absolute Gasteiger partial charge is 0.229 e. The Morgan fingerprint density at radius 2 is 1.72 bits per heavy atom. The predicted molar refractivity (Wildman–Crippen MR) is 157 cm³/mol. The lowest BCUT2D eigenvalue weighted by atomic mass is 10.0. The molecule has 2 aliphatic heterocycles. The van der Waals surface area contributed by atoms with E-state index in [4.69, 9.17) is 14.2 Å². The monoisotopic (exact) mass is 582 g/mol. The number of fused-ring (bicyclic) bond motifs is 1. The van der Waals surface area contributed by atoms with Crippen LogP contribution in [0.5, 0.6) is 17.2 Å². The van der Waals surface area contributed by atoms with E-state index < -0.39 is 0 Å². The fourth-order valence-electron chi connectivity index (χ4n) is 5.57. The third-order valence-corrected chi connectivity index (χ3v) is 8.03. The minimum absolute atomic E-state index is 0.111. The van der Waals surface area contributed by atoms with Crippen molar-refractivity contribution in [2.45, 2.75) is 45.3 Å². The van der Waals surface area contributed by atoms with E-state index in [2.05, 4.69) is 62.8 Å². The summed E-state index contributed by atoms with van der Waals surface area (Å²) in [4.78, 5) is 27.5. The van der Waals surface area contributed by atoms with Crippen LogP contribution in [0.4, 0.5) is 0 Å². The average Bonchev–Trinajstić information content (AvgIpc) is 3.80. The Morgan fingerprint density at radius 3 is 2.47 bits per heavy atom. The first-order valence-corrected chi connectivity index (χ1v) is 14.4. The summed E-state index contributed by atoms with van der Waals surface area (Å²) in [5.74, 6) is 2.41. The van der Waals surface area contributed by atoms with E-state index in [0.29, 0.717) is 30.4 Å². The van der Waals surface area contributed by atoms with Gasteiger partial charge >= 0.3 is 0 Å². The maximum Gasteiger partial charge on any atom is 0.229 e. The molecule has 0 radical (unpaired) electrons. The molecule has 2 aliphatic rings. The maximum absolute atomic E-state index is 11.9. The molecule has 0 saturated carbocycles. The van der Waals surface area contributed by atoms with Gasteiger partial charge in [-0.05, 0) is 52.6 Å². The number of imide groups is 1. The van der Waals surface area contributed by atoms with Gasteiger partial charge in [0, 0.05) is 44.0 Å². The number of aromatic nitrogens is 4. The highest BCUT2D eigenvalue weighted by atomic mass is 16.5. The highest BCUT2D eigenvalue weighted by Gasteiger charge is 2.28. The quantitative estimate of drug-likeness (QED) is 0.246. The third-order valence-electron chi connectivity index (χ3n) is 8.03. The number of carbonyl (C=O) groups is 2. The molecule has 2 amide bonds. The Morgan fingerprint density at radius 1 is 0.953 bits per heavy atom. The van der Waals surface area contributed by atoms with Crippen molar-refractivity contribution in [2.24, 2.45) is 0 Å². The number of rotatable bonds is 12. The Balaban J connectivity index is 1.20. The number of hydrogen-bond donors (Lipinski definition) is 1. The van der Waals surface area contributed by atoms with Gasteiger partial charge in [0.25, 0.3) is 0 Å². The van der Waals surface area contributed by atoms with Crippen molar-refractivity contribution < 1.29 is 23.8 Å². The Labute approximate surface area is 249 Å². The molecule has 4 aromatic rings. The lowest BCUT2D eigenvalue weighted by Crippen LogP contribution is -2.33. The van der Waals surface area contributed by atoms with Crippen molar-refractivity contribution in [3.05, 3.63) is 82.9 Å². The zero-order valence-corrected chi connectivity index (χ0v) is 24.3. The summed E-state index contributed by atoms with van der Waals surface area (Å²) < 4.78 is 17.3. The minimum Gasteiger partial charge on any atom is -0.493 e. The number of aromatic amines is 1. The maximum atomic E-state index is 11.9. The number of carbonyl (C=O) groups excluding carboxylic acids is 2. The molecule has 3 aromatic carbocycles. The third kappa shape index (κ3) is 6.36. The number of ether oxygens (including phenoxy) is 3. The van der Waals surface area contributed by atoms with Crippen molar-refractivity contribution in [1.29, 1.82) is 0 Å². The topological polar surface area (TPSA) is 123 Å². The molecule has 0 aliphatic carbocycles. The van der Waals surface area contributed by atoms with Crippen molar-refractivity contribution in [3.63, 3.8) is 0 Å². The fourth-order valence-corrected chi connectivity index (χ4v) is 5.57. The summed E-state index contributed by atoms with van der Waals surface area (Å²) in [6.07, 6.45) is 1.47. The molecule has 1 atom stereocenters. The van der Waals surface area contributed by atoms with Gasteiger partial charge in [-0.1, -0.05) is 42.5 Å². The molecular formula is C32H34N6O5. The summed E-state index contributed by atoms with van der Waals surface area (Å²) in [7, 11) is 1.61. The lowest BCUT2D eigenvalue weighted by molar-refractivity contribution is -0.138. The molecule has 11 heteroatoms. The Bertz CT molecular complexity index is 1570. The number of nitrogens with one attached hydrogen (secondary N) is 1. The predicted octanol–water partition coefficient (Wildman–Crippen LogP) is 4.10. The molecule has 222 valence electrons. The van der Waals surface area contributed by atoms with E-state index in [0.717, 1.165) is 35.5 Å². The molecule has 43 heavy (non-hydrogen) atoms. The highest BCUT2D eigenvalue weighted by molar-refractivity contribution is 6.01. The first kappa shape index (κ1) is 28.4. The molecule has 11 nitrogen and oxygen atoms in total. The number of H-pyrrole nitrogens is 1. The molecule has 3 heterocycles. The SMILES string of the molecule is COc1cc(CN(Cc2ccc(-c3nn[nH]n3)cc2)C(C)c2ccc3c(c2)CCO3)ccc1OCCN1C(=O)CCC1=O. The molecule has 0 spiro atoms. The van der Waals surface area contributed by atoms with Crippen LogP contribution in [-0.4, -0.2) is 69.1 Å². The molecule has 1 unspecified atom stereocenters. The zero-order chi connectivity index (χ0) is 29.8. The second-order valence-corrected chi connectivity index (χ2v) is 10.8. The normalized spacial score (nSPS) is 15.1. The van der Waals surface area contributed by atoms with Gasteiger partial charge in [-0.25, -0.2) is 0 Å². The number of nitrogens with zero attached hydrogens (tertiary/aromatic N) is 5. The van der Waals surface area contributed by atoms with E-state index >= 15 is 0 Å². The molecule has 1 saturated heterocycles. The second kappa shape index (κ2) is 12.6. The largest absolute Gasteiger partial charge is 0.493 e. The van der Waals surface area contributed by atoms with Gasteiger partial charge in [0.05, 0.1) is 20.3 Å². The first-order valence-electron chi connectivity index (χ1n) is 14.4. The van der Waals surface area contributed by atoms with Gasteiger partial charge in [0.2, 0.25) is 17.6 Å². The van der Waals surface area contributed by atoms with Crippen molar-refractivity contribution in [1.82, 2.24) is 30.4 Å². The van der Waals surface area contributed by atoms with E-state index in [1.54, 1.807) is 7.11 Å². The number of likely N-dealkylation sites (tertiary alicyclic amines) is 1. The lowest BCUT2D eigenvalue weighted by Gasteiger charge is -2.30. The van der Waals surface area contributed by atoms with Gasteiger partial charge in [0.15, 0.2) is 11.5 Å². The molecule has 1 fully saturated rings. The highest BCUT2D eigenvalue weighted by Crippen LogP contribution is 2.34. The van der Waals surface area contributed by atoms with Crippen LogP contribution >= 0.6 is 0 Å². The van der Waals surface area contributed by atoms with Gasteiger partial charge in [-0.2, -0.15) is 5.21 Å². The fraction of sp³-hybridized carbons (Fsp3) is 0.344. The van der Waals surface area contributed by atoms with Gasteiger partial charge in [-0.15, -0.1) is 10.2 Å². The van der Waals surface area contributed by atoms with Gasteiger partial charge in [0.1, 0.15) is 12.4 Å². The Kier molecular flexibility index (Phi) is 8.32.